The van der Waals surface area contributed by atoms with Gasteiger partial charge < -0.3 is 14.8 Å². The molecule has 2 rings (SSSR count). The maximum atomic E-state index is 11.9. The van der Waals surface area contributed by atoms with Crippen molar-refractivity contribution in [2.75, 3.05) is 19.5 Å². The fraction of sp³-hybridized carbons (Fsp3) is 0.308. The molecule has 0 bridgehead atoms. The Bertz CT molecular complexity index is 613. The van der Waals surface area contributed by atoms with E-state index >= 15 is 0 Å². The largest absolute Gasteiger partial charge is 0.493 e. The summed E-state index contributed by atoms with van der Waals surface area (Å²) >= 11 is 1.16. The summed E-state index contributed by atoms with van der Waals surface area (Å²) in [5.74, 6) is 1.74. The zero-order valence-electron chi connectivity index (χ0n) is 11.5. The van der Waals surface area contributed by atoms with Crippen molar-refractivity contribution in [2.24, 2.45) is 0 Å². The second-order valence-corrected chi connectivity index (χ2v) is 4.81. The number of methoxy groups -OCH3 is 2. The molecule has 1 N–H and O–H groups in total. The van der Waals surface area contributed by atoms with Gasteiger partial charge in [-0.25, -0.2) is 4.98 Å². The van der Waals surface area contributed by atoms with Crippen LogP contribution in [-0.4, -0.2) is 29.5 Å². The molecule has 1 amide bonds. The summed E-state index contributed by atoms with van der Waals surface area (Å²) in [4.78, 5) is 16.0. The normalized spacial score (nSPS) is 10.2. The first-order valence-corrected chi connectivity index (χ1v) is 6.70. The molecule has 0 fully saturated rings. The van der Waals surface area contributed by atoms with Crippen molar-refractivity contribution in [3.63, 3.8) is 0 Å². The molecule has 6 nitrogen and oxygen atoms in total. The minimum atomic E-state index is -0.145. The highest BCUT2D eigenvalue weighted by Gasteiger charge is 2.10. The Hall–Kier alpha value is -2.15. The average Bonchev–Trinajstić information content (AvgIpc) is 2.83. The third-order valence-electron chi connectivity index (χ3n) is 2.59. The molecule has 0 saturated heterocycles. The van der Waals surface area contributed by atoms with Crippen LogP contribution in [0, 0.1) is 6.92 Å². The number of aromatic nitrogens is 2. The van der Waals surface area contributed by atoms with Gasteiger partial charge >= 0.3 is 0 Å². The van der Waals surface area contributed by atoms with Crippen LogP contribution in [0.3, 0.4) is 0 Å². The van der Waals surface area contributed by atoms with Gasteiger partial charge in [0.1, 0.15) is 5.82 Å². The number of rotatable bonds is 5. The first-order chi connectivity index (χ1) is 9.62. The monoisotopic (exact) mass is 293 g/mol. The number of carbonyl (C=O) groups excluding carboxylic acids is 1. The van der Waals surface area contributed by atoms with Crippen molar-refractivity contribution >= 4 is 22.6 Å². The van der Waals surface area contributed by atoms with Crippen molar-refractivity contribution in [3.8, 4) is 11.5 Å². The summed E-state index contributed by atoms with van der Waals surface area (Å²) in [6.45, 7) is 1.78. The van der Waals surface area contributed by atoms with Gasteiger partial charge in [-0.2, -0.15) is 4.37 Å². The molecule has 1 aromatic carbocycles. The van der Waals surface area contributed by atoms with Crippen LogP contribution in [0.1, 0.15) is 11.4 Å². The molecule has 0 spiro atoms. The lowest BCUT2D eigenvalue weighted by Crippen LogP contribution is -2.14. The molecular weight excluding hydrogens is 278 g/mol. The van der Waals surface area contributed by atoms with E-state index in [0.717, 1.165) is 17.1 Å². The quantitative estimate of drug-likeness (QED) is 0.913. The van der Waals surface area contributed by atoms with Crippen LogP contribution in [0.5, 0.6) is 11.5 Å². The molecule has 20 heavy (non-hydrogen) atoms. The summed E-state index contributed by atoms with van der Waals surface area (Å²) in [7, 11) is 3.13. The molecule has 0 aliphatic carbocycles. The van der Waals surface area contributed by atoms with Crippen LogP contribution < -0.4 is 14.8 Å². The second-order valence-electron chi connectivity index (χ2n) is 4.06. The van der Waals surface area contributed by atoms with Gasteiger partial charge in [0, 0.05) is 11.5 Å². The van der Waals surface area contributed by atoms with E-state index in [1.807, 2.05) is 6.07 Å². The smallest absolute Gasteiger partial charge is 0.230 e. The number of benzene rings is 1. The first-order valence-electron chi connectivity index (χ1n) is 5.93. The van der Waals surface area contributed by atoms with E-state index < -0.39 is 0 Å². The highest BCUT2D eigenvalue weighted by molar-refractivity contribution is 7.09. The van der Waals surface area contributed by atoms with Crippen LogP contribution in [0.15, 0.2) is 18.2 Å². The Kier molecular flexibility index (Phi) is 4.52. The molecule has 0 aliphatic rings. The number of nitrogens with one attached hydrogen (secondary N) is 1. The van der Waals surface area contributed by atoms with Crippen molar-refractivity contribution in [3.05, 3.63) is 29.6 Å². The van der Waals surface area contributed by atoms with Crippen molar-refractivity contribution in [1.29, 1.82) is 0 Å². The van der Waals surface area contributed by atoms with E-state index in [9.17, 15) is 4.79 Å². The summed E-state index contributed by atoms with van der Waals surface area (Å²) in [6, 6.07) is 5.38. The fourth-order valence-electron chi connectivity index (χ4n) is 1.69. The lowest BCUT2D eigenvalue weighted by atomic mass is 10.1. The zero-order valence-corrected chi connectivity index (χ0v) is 12.3. The maximum Gasteiger partial charge on any atom is 0.230 e. The van der Waals surface area contributed by atoms with Crippen molar-refractivity contribution in [2.45, 2.75) is 13.3 Å². The number of amides is 1. The number of hydrogen-bond donors (Lipinski definition) is 1. The lowest BCUT2D eigenvalue weighted by Gasteiger charge is -2.09. The van der Waals surface area contributed by atoms with Crippen molar-refractivity contribution in [1.82, 2.24) is 9.36 Å². The molecule has 2 aromatic rings. The summed E-state index contributed by atoms with van der Waals surface area (Å²) < 4.78 is 14.4. The SMILES string of the molecule is COc1ccc(CC(=O)Nc2nc(C)ns2)cc1OC. The molecule has 7 heteroatoms. The van der Waals surface area contributed by atoms with Crippen LogP contribution in [0.25, 0.3) is 0 Å². The highest BCUT2D eigenvalue weighted by atomic mass is 32.1. The topological polar surface area (TPSA) is 73.3 Å². The highest BCUT2D eigenvalue weighted by Crippen LogP contribution is 2.27. The zero-order chi connectivity index (χ0) is 14.5. The van der Waals surface area contributed by atoms with E-state index in [1.165, 1.54) is 0 Å². The number of nitrogens with zero attached hydrogens (tertiary/aromatic N) is 2. The van der Waals surface area contributed by atoms with Crippen LogP contribution in [0.2, 0.25) is 0 Å². The molecular formula is C13H15N3O3S. The van der Waals surface area contributed by atoms with Gasteiger partial charge in [-0.05, 0) is 24.6 Å². The van der Waals surface area contributed by atoms with Gasteiger partial charge in [0.05, 0.1) is 20.6 Å². The standard InChI is InChI=1S/C13H15N3O3S/c1-8-14-13(20-16-8)15-12(17)7-9-4-5-10(18-2)11(6-9)19-3/h4-6H,7H2,1-3H3,(H,14,15,16,17). The summed E-state index contributed by atoms with van der Waals surface area (Å²) in [6.07, 6.45) is 0.235. The molecule has 0 radical (unpaired) electrons. The molecule has 0 saturated carbocycles. The third-order valence-corrected chi connectivity index (χ3v) is 3.31. The molecule has 0 atom stereocenters. The summed E-state index contributed by atoms with van der Waals surface area (Å²) in [5.41, 5.74) is 0.835. The second kappa shape index (κ2) is 6.33. The predicted molar refractivity (Wildman–Crippen MR) is 76.5 cm³/mol. The number of anilines is 1. The predicted octanol–water partition coefficient (Wildman–Crippen LogP) is 2.04. The molecule has 106 valence electrons. The first kappa shape index (κ1) is 14.3. The Morgan fingerprint density at radius 2 is 2.05 bits per heavy atom. The molecule has 1 heterocycles. The summed E-state index contributed by atoms with van der Waals surface area (Å²) in [5, 5.41) is 3.22. The number of hydrogen-bond acceptors (Lipinski definition) is 6. The Labute approximate surface area is 120 Å². The maximum absolute atomic E-state index is 11.9. The van der Waals surface area contributed by atoms with E-state index in [2.05, 4.69) is 14.7 Å². The average molecular weight is 293 g/mol. The Balaban J connectivity index is 2.04. The number of aryl methyl sites for hydroxylation is 1. The van der Waals surface area contributed by atoms with Gasteiger partial charge in [-0.3, -0.25) is 4.79 Å². The van der Waals surface area contributed by atoms with E-state index in [1.54, 1.807) is 33.3 Å². The van der Waals surface area contributed by atoms with E-state index in [4.69, 9.17) is 9.47 Å². The van der Waals surface area contributed by atoms with Gasteiger partial charge in [-0.15, -0.1) is 0 Å². The molecule has 0 aliphatic heterocycles. The third kappa shape index (κ3) is 3.45. The fourth-order valence-corrected chi connectivity index (χ4v) is 2.28. The Morgan fingerprint density at radius 1 is 1.30 bits per heavy atom. The Morgan fingerprint density at radius 3 is 2.65 bits per heavy atom. The van der Waals surface area contributed by atoms with Crippen LogP contribution >= 0.6 is 11.5 Å². The number of carbonyl (C=O) groups is 1. The van der Waals surface area contributed by atoms with Gasteiger partial charge in [0.25, 0.3) is 0 Å². The van der Waals surface area contributed by atoms with Gasteiger partial charge in [0.15, 0.2) is 11.5 Å². The van der Waals surface area contributed by atoms with Crippen molar-refractivity contribution < 1.29 is 14.3 Å². The molecule has 1 aromatic heterocycles. The lowest BCUT2D eigenvalue weighted by molar-refractivity contribution is -0.115. The van der Waals surface area contributed by atoms with Gasteiger partial charge in [0.2, 0.25) is 11.0 Å². The van der Waals surface area contributed by atoms with Crippen LogP contribution in [0.4, 0.5) is 5.13 Å². The van der Waals surface area contributed by atoms with E-state index in [0.29, 0.717) is 22.5 Å². The number of ether oxygens (including phenoxy) is 2. The van der Waals surface area contributed by atoms with Crippen LogP contribution in [-0.2, 0) is 11.2 Å². The van der Waals surface area contributed by atoms with Gasteiger partial charge in [-0.1, -0.05) is 6.07 Å². The minimum Gasteiger partial charge on any atom is -0.493 e. The molecule has 0 unspecified atom stereocenters. The van der Waals surface area contributed by atoms with E-state index in [-0.39, 0.29) is 12.3 Å². The minimum absolute atomic E-state index is 0.145.